The van der Waals surface area contributed by atoms with Crippen molar-refractivity contribution in [2.45, 2.75) is 32.7 Å². The molecule has 20 heavy (non-hydrogen) atoms. The van der Waals surface area contributed by atoms with Crippen molar-refractivity contribution in [3.8, 4) is 0 Å². The predicted molar refractivity (Wildman–Crippen MR) is 82.7 cm³/mol. The van der Waals surface area contributed by atoms with Gasteiger partial charge in [-0.1, -0.05) is 18.5 Å². The lowest BCUT2D eigenvalue weighted by atomic mass is 9.97. The van der Waals surface area contributed by atoms with Gasteiger partial charge < -0.3 is 10.2 Å². The Balaban J connectivity index is 2.11. The zero-order valence-corrected chi connectivity index (χ0v) is 13.0. The highest BCUT2D eigenvalue weighted by atomic mass is 35.5. The zero-order valence-electron chi connectivity index (χ0n) is 12.2. The molecule has 1 saturated heterocycles. The van der Waals surface area contributed by atoms with Gasteiger partial charge in [0.2, 0.25) is 0 Å². The van der Waals surface area contributed by atoms with E-state index in [0.717, 1.165) is 31.7 Å². The Morgan fingerprint density at radius 1 is 1.50 bits per heavy atom. The summed E-state index contributed by atoms with van der Waals surface area (Å²) in [5, 5.41) is 7.85. The lowest BCUT2D eigenvalue weighted by Gasteiger charge is -2.29. The summed E-state index contributed by atoms with van der Waals surface area (Å²) in [6.45, 7) is 5.68. The largest absolute Gasteiger partial charge is 0.372 e. The molecule has 1 aromatic rings. The summed E-state index contributed by atoms with van der Waals surface area (Å²) in [5.41, 5.74) is 0.547. The van der Waals surface area contributed by atoms with Crippen molar-refractivity contribution in [3.63, 3.8) is 0 Å². The van der Waals surface area contributed by atoms with Crippen LogP contribution in [0.15, 0.2) is 11.0 Å². The van der Waals surface area contributed by atoms with Crippen molar-refractivity contribution in [2.75, 3.05) is 31.6 Å². The molecular formula is C14H23ClN4O. The molecule has 2 rings (SSSR count). The number of halogens is 1. The number of hydrogen-bond acceptors (Lipinski definition) is 4. The average molecular weight is 299 g/mol. The first-order chi connectivity index (χ1) is 9.63. The van der Waals surface area contributed by atoms with E-state index < -0.39 is 0 Å². The van der Waals surface area contributed by atoms with E-state index >= 15 is 0 Å². The van der Waals surface area contributed by atoms with Gasteiger partial charge in [0.05, 0.1) is 11.9 Å². The molecule has 2 heterocycles. The van der Waals surface area contributed by atoms with Crippen LogP contribution in [0.5, 0.6) is 0 Å². The summed E-state index contributed by atoms with van der Waals surface area (Å²) in [4.78, 5) is 14.2. The molecule has 6 heteroatoms. The maximum atomic E-state index is 12.1. The van der Waals surface area contributed by atoms with Crippen LogP contribution in [0, 0.1) is 5.92 Å². The van der Waals surface area contributed by atoms with E-state index in [0.29, 0.717) is 12.5 Å². The molecule has 0 radical (unpaired) electrons. The van der Waals surface area contributed by atoms with Gasteiger partial charge in [0.25, 0.3) is 5.56 Å². The standard InChI is InChI=1S/C14H23ClN4O/c1-3-8-19-14(20)13(15)12(9-17-19)18(2)10-11-4-6-16-7-5-11/h9,11,16H,3-8,10H2,1-2H3. The van der Waals surface area contributed by atoms with E-state index in [-0.39, 0.29) is 10.6 Å². The summed E-state index contributed by atoms with van der Waals surface area (Å²) in [6.07, 6.45) is 4.92. The van der Waals surface area contributed by atoms with Crippen molar-refractivity contribution < 1.29 is 0 Å². The van der Waals surface area contributed by atoms with E-state index in [1.807, 2.05) is 14.0 Å². The van der Waals surface area contributed by atoms with Crippen LogP contribution in [-0.4, -0.2) is 36.5 Å². The molecule has 0 amide bonds. The third-order valence-electron chi connectivity index (χ3n) is 3.80. The Morgan fingerprint density at radius 2 is 2.20 bits per heavy atom. The average Bonchev–Trinajstić information content (AvgIpc) is 2.45. The number of aromatic nitrogens is 2. The number of piperidine rings is 1. The highest BCUT2D eigenvalue weighted by Gasteiger charge is 2.18. The third-order valence-corrected chi connectivity index (χ3v) is 4.16. The normalized spacial score (nSPS) is 16.4. The van der Waals surface area contributed by atoms with E-state index in [4.69, 9.17) is 11.6 Å². The maximum absolute atomic E-state index is 12.1. The minimum atomic E-state index is -0.192. The molecule has 1 aliphatic heterocycles. The van der Waals surface area contributed by atoms with Gasteiger partial charge in [0.1, 0.15) is 5.02 Å². The highest BCUT2D eigenvalue weighted by molar-refractivity contribution is 6.33. The molecule has 1 fully saturated rings. The number of nitrogens with zero attached hydrogens (tertiary/aromatic N) is 3. The predicted octanol–water partition coefficient (Wildman–Crippen LogP) is 1.74. The lowest BCUT2D eigenvalue weighted by Crippen LogP contribution is -2.35. The second-order valence-electron chi connectivity index (χ2n) is 5.45. The van der Waals surface area contributed by atoms with Gasteiger partial charge in [0.15, 0.2) is 0 Å². The molecule has 0 atom stereocenters. The fourth-order valence-corrected chi connectivity index (χ4v) is 2.93. The minimum absolute atomic E-state index is 0.192. The molecule has 0 spiro atoms. The summed E-state index contributed by atoms with van der Waals surface area (Å²) >= 11 is 6.22. The molecule has 1 aromatic heterocycles. The van der Waals surface area contributed by atoms with Gasteiger partial charge in [-0.15, -0.1) is 0 Å². The van der Waals surface area contributed by atoms with Crippen LogP contribution in [-0.2, 0) is 6.54 Å². The summed E-state index contributed by atoms with van der Waals surface area (Å²) in [6, 6.07) is 0. The molecule has 112 valence electrons. The number of rotatable bonds is 5. The summed E-state index contributed by atoms with van der Waals surface area (Å²) < 4.78 is 1.43. The van der Waals surface area contributed by atoms with Gasteiger partial charge >= 0.3 is 0 Å². The quantitative estimate of drug-likeness (QED) is 0.900. The van der Waals surface area contributed by atoms with Gasteiger partial charge in [-0.3, -0.25) is 4.79 Å². The van der Waals surface area contributed by atoms with Crippen LogP contribution in [0.4, 0.5) is 5.69 Å². The number of anilines is 1. The molecular weight excluding hydrogens is 276 g/mol. The Kier molecular flexibility index (Phi) is 5.43. The van der Waals surface area contributed by atoms with E-state index in [1.165, 1.54) is 17.5 Å². The Bertz CT molecular complexity index is 496. The summed E-state index contributed by atoms with van der Waals surface area (Å²) in [7, 11) is 1.98. The van der Waals surface area contributed by atoms with Gasteiger partial charge in [-0.05, 0) is 38.3 Å². The van der Waals surface area contributed by atoms with Crippen molar-refractivity contribution in [1.29, 1.82) is 0 Å². The first-order valence-electron chi connectivity index (χ1n) is 7.31. The van der Waals surface area contributed by atoms with Crippen molar-refractivity contribution in [2.24, 2.45) is 5.92 Å². The number of aryl methyl sites for hydroxylation is 1. The molecule has 0 unspecified atom stereocenters. The fourth-order valence-electron chi connectivity index (χ4n) is 2.64. The van der Waals surface area contributed by atoms with Crippen LogP contribution in [0.2, 0.25) is 5.02 Å². The van der Waals surface area contributed by atoms with Gasteiger partial charge in [0, 0.05) is 20.1 Å². The van der Waals surface area contributed by atoms with Crippen molar-refractivity contribution >= 4 is 17.3 Å². The molecule has 0 saturated carbocycles. The Hall–Kier alpha value is -1.07. The van der Waals surface area contributed by atoms with Crippen molar-refractivity contribution in [3.05, 3.63) is 21.6 Å². The van der Waals surface area contributed by atoms with Crippen molar-refractivity contribution in [1.82, 2.24) is 15.1 Å². The third kappa shape index (κ3) is 3.52. The SMILES string of the molecule is CCCn1ncc(N(C)CC2CCNCC2)c(Cl)c1=O. The first-order valence-corrected chi connectivity index (χ1v) is 7.68. The smallest absolute Gasteiger partial charge is 0.287 e. The van der Waals surface area contributed by atoms with Crippen LogP contribution in [0.1, 0.15) is 26.2 Å². The lowest BCUT2D eigenvalue weighted by molar-refractivity contribution is 0.377. The molecule has 0 aliphatic carbocycles. The molecule has 5 nitrogen and oxygen atoms in total. The second kappa shape index (κ2) is 7.09. The molecule has 1 aliphatic rings. The van der Waals surface area contributed by atoms with Crippen LogP contribution >= 0.6 is 11.6 Å². The number of hydrogen-bond donors (Lipinski definition) is 1. The van der Waals surface area contributed by atoms with E-state index in [1.54, 1.807) is 6.20 Å². The second-order valence-corrected chi connectivity index (χ2v) is 5.82. The number of nitrogens with one attached hydrogen (secondary N) is 1. The summed E-state index contributed by atoms with van der Waals surface area (Å²) in [5.74, 6) is 0.649. The molecule has 0 bridgehead atoms. The van der Waals surface area contributed by atoms with Crippen LogP contribution < -0.4 is 15.8 Å². The highest BCUT2D eigenvalue weighted by Crippen LogP contribution is 2.22. The van der Waals surface area contributed by atoms with E-state index in [9.17, 15) is 4.79 Å². The molecule has 0 aromatic carbocycles. The van der Waals surface area contributed by atoms with Crippen LogP contribution in [0.3, 0.4) is 0 Å². The fraction of sp³-hybridized carbons (Fsp3) is 0.714. The van der Waals surface area contributed by atoms with Gasteiger partial charge in [-0.2, -0.15) is 5.10 Å². The van der Waals surface area contributed by atoms with Gasteiger partial charge in [-0.25, -0.2) is 4.68 Å². The van der Waals surface area contributed by atoms with E-state index in [2.05, 4.69) is 15.3 Å². The zero-order chi connectivity index (χ0) is 14.5. The van der Waals surface area contributed by atoms with Crippen LogP contribution in [0.25, 0.3) is 0 Å². The topological polar surface area (TPSA) is 50.2 Å². The monoisotopic (exact) mass is 298 g/mol. The first kappa shape index (κ1) is 15.3. The maximum Gasteiger partial charge on any atom is 0.287 e. The Labute approximate surface area is 124 Å². The Morgan fingerprint density at radius 3 is 2.85 bits per heavy atom. The molecule has 1 N–H and O–H groups in total. The minimum Gasteiger partial charge on any atom is -0.372 e.